The van der Waals surface area contributed by atoms with Gasteiger partial charge in [-0.3, -0.25) is 0 Å². The molecule has 0 saturated heterocycles. The molecule has 0 aromatic carbocycles. The maximum atomic E-state index is 5.32. The van der Waals surface area contributed by atoms with Gasteiger partial charge in [0.2, 0.25) is 0 Å². The predicted molar refractivity (Wildman–Crippen MR) is 67.9 cm³/mol. The van der Waals surface area contributed by atoms with Gasteiger partial charge in [0.15, 0.2) is 0 Å². The average molecular weight is 222 g/mol. The second-order valence-electron chi connectivity index (χ2n) is 4.10. The highest BCUT2D eigenvalue weighted by atomic mass is 15.2. The standard InChI is InChI=1S/C12H22N4/c1-3-4-5-9-16(2)10-11-7-6-8-12(14-11)15-13/h6-8H,3-5,9-10,13H2,1-2H3,(H,14,15). The van der Waals surface area contributed by atoms with Gasteiger partial charge in [0.05, 0.1) is 5.69 Å². The highest BCUT2D eigenvalue weighted by Crippen LogP contribution is 2.06. The van der Waals surface area contributed by atoms with Crippen molar-refractivity contribution in [2.24, 2.45) is 5.84 Å². The lowest BCUT2D eigenvalue weighted by Crippen LogP contribution is -2.20. The molecule has 0 amide bonds. The topological polar surface area (TPSA) is 54.2 Å². The van der Waals surface area contributed by atoms with Gasteiger partial charge in [0, 0.05) is 6.54 Å². The Hall–Kier alpha value is -1.13. The third kappa shape index (κ3) is 4.59. The largest absolute Gasteiger partial charge is 0.308 e. The van der Waals surface area contributed by atoms with Gasteiger partial charge in [-0.2, -0.15) is 0 Å². The Balaban J connectivity index is 2.39. The first-order valence-electron chi connectivity index (χ1n) is 5.87. The highest BCUT2D eigenvalue weighted by Gasteiger charge is 2.01. The SMILES string of the molecule is CCCCCN(C)Cc1cccc(NN)n1. The first-order chi connectivity index (χ1) is 7.76. The van der Waals surface area contributed by atoms with E-state index >= 15 is 0 Å². The second kappa shape index (κ2) is 7.19. The van der Waals surface area contributed by atoms with E-state index in [1.165, 1.54) is 19.3 Å². The van der Waals surface area contributed by atoms with E-state index < -0.39 is 0 Å². The molecule has 1 heterocycles. The van der Waals surface area contributed by atoms with Gasteiger partial charge in [0.1, 0.15) is 5.82 Å². The van der Waals surface area contributed by atoms with Crippen molar-refractivity contribution in [2.75, 3.05) is 19.0 Å². The number of pyridine rings is 1. The van der Waals surface area contributed by atoms with E-state index in [0.717, 1.165) is 24.6 Å². The van der Waals surface area contributed by atoms with E-state index in [1.807, 2.05) is 18.2 Å². The number of unbranched alkanes of at least 4 members (excludes halogenated alkanes) is 2. The number of hydrogen-bond donors (Lipinski definition) is 2. The zero-order chi connectivity index (χ0) is 11.8. The van der Waals surface area contributed by atoms with Crippen molar-refractivity contribution in [2.45, 2.75) is 32.7 Å². The van der Waals surface area contributed by atoms with Gasteiger partial charge in [0.25, 0.3) is 0 Å². The summed E-state index contributed by atoms with van der Waals surface area (Å²) in [6.07, 6.45) is 3.81. The molecule has 0 radical (unpaired) electrons. The fourth-order valence-corrected chi connectivity index (χ4v) is 1.64. The molecule has 1 aromatic heterocycles. The number of nitrogens with one attached hydrogen (secondary N) is 1. The lowest BCUT2D eigenvalue weighted by molar-refractivity contribution is 0.314. The molecule has 0 saturated carbocycles. The Morgan fingerprint density at radius 2 is 2.19 bits per heavy atom. The van der Waals surface area contributed by atoms with Crippen LogP contribution in [0.4, 0.5) is 5.82 Å². The van der Waals surface area contributed by atoms with E-state index in [-0.39, 0.29) is 0 Å². The van der Waals surface area contributed by atoms with Crippen LogP contribution < -0.4 is 11.3 Å². The molecule has 0 aliphatic heterocycles. The van der Waals surface area contributed by atoms with E-state index in [2.05, 4.69) is 29.3 Å². The second-order valence-corrected chi connectivity index (χ2v) is 4.10. The molecule has 1 aromatic rings. The molecule has 0 atom stereocenters. The van der Waals surface area contributed by atoms with E-state index in [1.54, 1.807) is 0 Å². The van der Waals surface area contributed by atoms with Crippen LogP contribution in [0.2, 0.25) is 0 Å². The summed E-state index contributed by atoms with van der Waals surface area (Å²) in [6.45, 7) is 4.22. The summed E-state index contributed by atoms with van der Waals surface area (Å²) in [6, 6.07) is 5.86. The monoisotopic (exact) mass is 222 g/mol. The minimum absolute atomic E-state index is 0.722. The van der Waals surface area contributed by atoms with Crippen molar-refractivity contribution in [1.82, 2.24) is 9.88 Å². The zero-order valence-corrected chi connectivity index (χ0v) is 10.2. The normalized spacial score (nSPS) is 10.8. The summed E-state index contributed by atoms with van der Waals surface area (Å²) in [5, 5.41) is 0. The summed E-state index contributed by atoms with van der Waals surface area (Å²) in [5.74, 6) is 6.04. The minimum Gasteiger partial charge on any atom is -0.308 e. The van der Waals surface area contributed by atoms with E-state index in [4.69, 9.17) is 5.84 Å². The Labute approximate surface area is 97.8 Å². The number of nitrogens with zero attached hydrogens (tertiary/aromatic N) is 2. The average Bonchev–Trinajstić information content (AvgIpc) is 2.29. The lowest BCUT2D eigenvalue weighted by Gasteiger charge is -2.16. The fourth-order valence-electron chi connectivity index (χ4n) is 1.64. The first kappa shape index (κ1) is 12.9. The van der Waals surface area contributed by atoms with Crippen LogP contribution in [-0.2, 0) is 6.54 Å². The van der Waals surface area contributed by atoms with Gasteiger partial charge in [-0.1, -0.05) is 25.8 Å². The van der Waals surface area contributed by atoms with Crippen molar-refractivity contribution in [3.63, 3.8) is 0 Å². The van der Waals surface area contributed by atoms with E-state index in [9.17, 15) is 0 Å². The van der Waals surface area contributed by atoms with E-state index in [0.29, 0.717) is 0 Å². The lowest BCUT2D eigenvalue weighted by atomic mass is 10.2. The number of aromatic nitrogens is 1. The third-order valence-electron chi connectivity index (χ3n) is 2.53. The highest BCUT2D eigenvalue weighted by molar-refractivity contribution is 5.33. The molecule has 0 unspecified atom stereocenters. The number of rotatable bonds is 7. The van der Waals surface area contributed by atoms with Crippen molar-refractivity contribution in [3.05, 3.63) is 23.9 Å². The van der Waals surface area contributed by atoms with Crippen molar-refractivity contribution in [3.8, 4) is 0 Å². The summed E-state index contributed by atoms with van der Waals surface area (Å²) in [7, 11) is 2.12. The molecule has 0 fully saturated rings. The summed E-state index contributed by atoms with van der Waals surface area (Å²) in [5.41, 5.74) is 3.61. The van der Waals surface area contributed by atoms with Crippen LogP contribution >= 0.6 is 0 Å². The molecule has 1 rings (SSSR count). The molecule has 0 aliphatic rings. The number of nitrogen functional groups attached to an aromatic ring is 1. The smallest absolute Gasteiger partial charge is 0.140 e. The molecule has 16 heavy (non-hydrogen) atoms. The predicted octanol–water partition coefficient (Wildman–Crippen LogP) is 1.99. The Kier molecular flexibility index (Phi) is 5.82. The van der Waals surface area contributed by atoms with Crippen LogP contribution in [0.25, 0.3) is 0 Å². The zero-order valence-electron chi connectivity index (χ0n) is 10.2. The van der Waals surface area contributed by atoms with Crippen LogP contribution in [-0.4, -0.2) is 23.5 Å². The van der Waals surface area contributed by atoms with Crippen LogP contribution in [0.5, 0.6) is 0 Å². The van der Waals surface area contributed by atoms with Crippen molar-refractivity contribution >= 4 is 5.82 Å². The molecule has 0 spiro atoms. The molecule has 90 valence electrons. The Bertz CT molecular complexity index is 301. The van der Waals surface area contributed by atoms with Gasteiger partial charge < -0.3 is 10.3 Å². The molecule has 0 bridgehead atoms. The maximum absolute atomic E-state index is 5.32. The molecule has 4 nitrogen and oxygen atoms in total. The van der Waals surface area contributed by atoms with Crippen molar-refractivity contribution < 1.29 is 0 Å². The molecule has 4 heteroatoms. The number of hydrogen-bond acceptors (Lipinski definition) is 4. The Morgan fingerprint density at radius 3 is 2.88 bits per heavy atom. The number of nitrogens with two attached hydrogens (primary N) is 1. The molecular formula is C12H22N4. The Morgan fingerprint density at radius 1 is 1.38 bits per heavy atom. The fraction of sp³-hybridized carbons (Fsp3) is 0.583. The van der Waals surface area contributed by atoms with Gasteiger partial charge in [-0.25, -0.2) is 10.8 Å². The molecular weight excluding hydrogens is 200 g/mol. The van der Waals surface area contributed by atoms with Gasteiger partial charge in [-0.05, 0) is 32.1 Å². The molecule has 0 aliphatic carbocycles. The first-order valence-corrected chi connectivity index (χ1v) is 5.87. The summed E-state index contributed by atoms with van der Waals surface area (Å²) >= 11 is 0. The number of hydrazine groups is 1. The number of anilines is 1. The minimum atomic E-state index is 0.722. The third-order valence-corrected chi connectivity index (χ3v) is 2.53. The van der Waals surface area contributed by atoms with Crippen molar-refractivity contribution in [1.29, 1.82) is 0 Å². The summed E-state index contributed by atoms with van der Waals surface area (Å²) < 4.78 is 0. The van der Waals surface area contributed by atoms with Crippen LogP contribution in [0.3, 0.4) is 0 Å². The van der Waals surface area contributed by atoms with Crippen LogP contribution in [0.15, 0.2) is 18.2 Å². The maximum Gasteiger partial charge on any atom is 0.140 e. The van der Waals surface area contributed by atoms with Gasteiger partial charge in [-0.15, -0.1) is 0 Å². The molecule has 3 N–H and O–H groups in total. The van der Waals surface area contributed by atoms with Crippen LogP contribution in [0.1, 0.15) is 31.9 Å². The summed E-state index contributed by atoms with van der Waals surface area (Å²) in [4.78, 5) is 6.67. The quantitative estimate of drug-likeness (QED) is 0.421. The van der Waals surface area contributed by atoms with Crippen LogP contribution in [0, 0.1) is 0 Å². The van der Waals surface area contributed by atoms with Gasteiger partial charge >= 0.3 is 0 Å².